The minimum Gasteiger partial charge on any atom is -0.327 e. The highest BCUT2D eigenvalue weighted by molar-refractivity contribution is 5.55. The Balaban J connectivity index is 2.09. The van der Waals surface area contributed by atoms with Gasteiger partial charge in [0.15, 0.2) is 0 Å². The molecule has 0 bridgehead atoms. The van der Waals surface area contributed by atoms with Gasteiger partial charge in [-0.15, -0.1) is 0 Å². The van der Waals surface area contributed by atoms with Crippen LogP contribution in [-0.4, -0.2) is 6.54 Å². The summed E-state index contributed by atoms with van der Waals surface area (Å²) in [7, 11) is 0. The number of benzene rings is 1. The van der Waals surface area contributed by atoms with Crippen LogP contribution in [-0.2, 0) is 0 Å². The molecule has 1 aromatic carbocycles. The van der Waals surface area contributed by atoms with Crippen molar-refractivity contribution in [2.75, 3.05) is 6.54 Å². The standard InChI is InChI=1S/C19H29N/c1-19(2,3)17-12-10-16(11-13-17)18-9-5-4-7-15(18)8-6-14-20/h4-9,16-17H,10-14,20H2,1-3H3/b8-6+. The lowest BCUT2D eigenvalue weighted by atomic mass is 9.68. The van der Waals surface area contributed by atoms with Gasteiger partial charge in [-0.2, -0.15) is 0 Å². The van der Waals surface area contributed by atoms with Gasteiger partial charge in [0.05, 0.1) is 0 Å². The van der Waals surface area contributed by atoms with Crippen LogP contribution in [0, 0.1) is 11.3 Å². The normalized spacial score (nSPS) is 24.2. The molecule has 0 heterocycles. The molecule has 110 valence electrons. The van der Waals surface area contributed by atoms with E-state index < -0.39 is 0 Å². The van der Waals surface area contributed by atoms with Crippen LogP contribution >= 0.6 is 0 Å². The van der Waals surface area contributed by atoms with Crippen molar-refractivity contribution >= 4 is 6.08 Å². The first kappa shape index (κ1) is 15.3. The Morgan fingerprint density at radius 2 is 1.75 bits per heavy atom. The first-order chi connectivity index (χ1) is 9.52. The Hall–Kier alpha value is -1.08. The molecule has 1 saturated carbocycles. The number of nitrogens with two attached hydrogens (primary N) is 1. The van der Waals surface area contributed by atoms with Crippen LogP contribution in [0.15, 0.2) is 30.3 Å². The molecule has 1 aliphatic rings. The fourth-order valence-corrected chi connectivity index (χ4v) is 3.50. The van der Waals surface area contributed by atoms with Gasteiger partial charge >= 0.3 is 0 Å². The first-order valence-corrected chi connectivity index (χ1v) is 7.98. The van der Waals surface area contributed by atoms with Crippen LogP contribution in [0.4, 0.5) is 0 Å². The minimum atomic E-state index is 0.462. The Bertz CT molecular complexity index is 445. The minimum absolute atomic E-state index is 0.462. The predicted molar refractivity (Wildman–Crippen MR) is 88.7 cm³/mol. The van der Waals surface area contributed by atoms with Gasteiger partial charge in [-0.05, 0) is 54.1 Å². The van der Waals surface area contributed by atoms with Crippen LogP contribution in [0.25, 0.3) is 6.08 Å². The van der Waals surface area contributed by atoms with E-state index in [1.165, 1.54) is 36.8 Å². The molecule has 0 atom stereocenters. The van der Waals surface area contributed by atoms with E-state index in [1.54, 1.807) is 0 Å². The number of rotatable bonds is 3. The van der Waals surface area contributed by atoms with Crippen LogP contribution in [0.1, 0.15) is 63.5 Å². The van der Waals surface area contributed by atoms with Crippen molar-refractivity contribution in [3.8, 4) is 0 Å². The largest absolute Gasteiger partial charge is 0.327 e. The monoisotopic (exact) mass is 271 g/mol. The lowest BCUT2D eigenvalue weighted by Gasteiger charge is -2.37. The van der Waals surface area contributed by atoms with Crippen molar-refractivity contribution in [3.63, 3.8) is 0 Å². The van der Waals surface area contributed by atoms with Crippen LogP contribution in [0.3, 0.4) is 0 Å². The molecule has 0 spiro atoms. The molecule has 0 amide bonds. The zero-order valence-corrected chi connectivity index (χ0v) is 13.2. The number of hydrogen-bond acceptors (Lipinski definition) is 1. The smallest absolute Gasteiger partial charge is 0.0110 e. The van der Waals surface area contributed by atoms with E-state index in [2.05, 4.69) is 57.2 Å². The van der Waals surface area contributed by atoms with Gasteiger partial charge in [-0.3, -0.25) is 0 Å². The molecule has 0 unspecified atom stereocenters. The van der Waals surface area contributed by atoms with Gasteiger partial charge in [-0.1, -0.05) is 57.2 Å². The van der Waals surface area contributed by atoms with Crippen molar-refractivity contribution in [2.24, 2.45) is 17.1 Å². The van der Waals surface area contributed by atoms with E-state index in [9.17, 15) is 0 Å². The molecule has 0 radical (unpaired) electrons. The predicted octanol–water partition coefficient (Wildman–Crippen LogP) is 4.98. The Morgan fingerprint density at radius 1 is 1.10 bits per heavy atom. The highest BCUT2D eigenvalue weighted by Gasteiger charge is 2.30. The van der Waals surface area contributed by atoms with E-state index >= 15 is 0 Å². The Labute approximate surface area is 124 Å². The molecule has 1 fully saturated rings. The zero-order valence-electron chi connectivity index (χ0n) is 13.2. The fourth-order valence-electron chi connectivity index (χ4n) is 3.50. The van der Waals surface area contributed by atoms with Crippen molar-refractivity contribution in [2.45, 2.75) is 52.4 Å². The van der Waals surface area contributed by atoms with Crippen molar-refractivity contribution < 1.29 is 0 Å². The highest BCUT2D eigenvalue weighted by atomic mass is 14.5. The maximum absolute atomic E-state index is 5.58. The van der Waals surface area contributed by atoms with Gasteiger partial charge in [0.2, 0.25) is 0 Å². The maximum Gasteiger partial charge on any atom is 0.0110 e. The van der Waals surface area contributed by atoms with Crippen LogP contribution in [0.2, 0.25) is 0 Å². The second-order valence-corrected chi connectivity index (χ2v) is 7.18. The van der Waals surface area contributed by atoms with E-state index in [1.807, 2.05) is 0 Å². The average molecular weight is 271 g/mol. The molecule has 1 nitrogen and oxygen atoms in total. The SMILES string of the molecule is CC(C)(C)C1CCC(c2ccccc2/C=C/CN)CC1. The van der Waals surface area contributed by atoms with Gasteiger partial charge in [-0.25, -0.2) is 0 Å². The van der Waals surface area contributed by atoms with Crippen molar-refractivity contribution in [1.29, 1.82) is 0 Å². The lowest BCUT2D eigenvalue weighted by molar-refractivity contribution is 0.169. The zero-order chi connectivity index (χ0) is 14.6. The summed E-state index contributed by atoms with van der Waals surface area (Å²) in [5, 5.41) is 0. The third-order valence-corrected chi connectivity index (χ3v) is 4.82. The molecule has 1 aromatic rings. The average Bonchev–Trinajstić information content (AvgIpc) is 2.45. The molecule has 20 heavy (non-hydrogen) atoms. The molecule has 0 saturated heterocycles. The summed E-state index contributed by atoms with van der Waals surface area (Å²) in [6.07, 6.45) is 9.63. The van der Waals surface area contributed by atoms with Gasteiger partial charge < -0.3 is 5.73 Å². The third-order valence-electron chi connectivity index (χ3n) is 4.82. The summed E-state index contributed by atoms with van der Waals surface area (Å²) in [5.41, 5.74) is 8.92. The second-order valence-electron chi connectivity index (χ2n) is 7.18. The second kappa shape index (κ2) is 6.58. The summed E-state index contributed by atoms with van der Waals surface area (Å²) in [4.78, 5) is 0. The molecule has 1 heteroatoms. The summed E-state index contributed by atoms with van der Waals surface area (Å²) in [6, 6.07) is 8.82. The van der Waals surface area contributed by atoms with Crippen molar-refractivity contribution in [3.05, 3.63) is 41.5 Å². The maximum atomic E-state index is 5.58. The molecular formula is C19H29N. The quantitative estimate of drug-likeness (QED) is 0.824. The fraction of sp³-hybridized carbons (Fsp3) is 0.579. The molecular weight excluding hydrogens is 242 g/mol. The van der Waals surface area contributed by atoms with Crippen LogP contribution in [0.5, 0.6) is 0 Å². The van der Waals surface area contributed by atoms with Gasteiger partial charge in [0, 0.05) is 6.54 Å². The Kier molecular flexibility index (Phi) is 5.04. The number of hydrogen-bond donors (Lipinski definition) is 1. The molecule has 1 aliphatic carbocycles. The van der Waals surface area contributed by atoms with E-state index in [0.717, 1.165) is 11.8 Å². The molecule has 0 aliphatic heterocycles. The summed E-state index contributed by atoms with van der Waals surface area (Å²) in [6.45, 7) is 7.77. The van der Waals surface area contributed by atoms with Crippen molar-refractivity contribution in [1.82, 2.24) is 0 Å². The summed E-state index contributed by atoms with van der Waals surface area (Å²) >= 11 is 0. The van der Waals surface area contributed by atoms with Gasteiger partial charge in [0.25, 0.3) is 0 Å². The third kappa shape index (κ3) is 3.73. The lowest BCUT2D eigenvalue weighted by Crippen LogP contribution is -2.25. The summed E-state index contributed by atoms with van der Waals surface area (Å²) in [5.74, 6) is 1.61. The molecule has 2 rings (SSSR count). The first-order valence-electron chi connectivity index (χ1n) is 7.98. The van der Waals surface area contributed by atoms with E-state index in [-0.39, 0.29) is 0 Å². The van der Waals surface area contributed by atoms with E-state index in [4.69, 9.17) is 5.73 Å². The highest BCUT2D eigenvalue weighted by Crippen LogP contribution is 2.43. The molecule has 0 aromatic heterocycles. The topological polar surface area (TPSA) is 26.0 Å². The van der Waals surface area contributed by atoms with Gasteiger partial charge in [0.1, 0.15) is 0 Å². The Morgan fingerprint density at radius 3 is 2.35 bits per heavy atom. The van der Waals surface area contributed by atoms with E-state index in [0.29, 0.717) is 12.0 Å². The van der Waals surface area contributed by atoms with Crippen LogP contribution < -0.4 is 5.73 Å². The molecule has 2 N–H and O–H groups in total. The summed E-state index contributed by atoms with van der Waals surface area (Å²) < 4.78 is 0.